The zero-order valence-corrected chi connectivity index (χ0v) is 26.0. The SMILES string of the molecule is CCOC(=O)Cn1c(C)c(/C=N\NC(=O)[C@H](Cc2ccc(O)cc2)NC(=O)[C@H](CO)NC(=O)OCc2ccccc2)c2ccccc21. The largest absolute Gasteiger partial charge is 0.508 e. The summed E-state index contributed by atoms with van der Waals surface area (Å²) in [6.07, 6.45) is 0.531. The molecule has 246 valence electrons. The molecule has 4 aromatic rings. The van der Waals surface area contributed by atoms with E-state index in [9.17, 15) is 29.4 Å². The van der Waals surface area contributed by atoms with Gasteiger partial charge in [-0.05, 0) is 43.2 Å². The Bertz CT molecular complexity index is 1720. The van der Waals surface area contributed by atoms with Crippen molar-refractivity contribution in [3.8, 4) is 5.75 Å². The molecule has 0 saturated carbocycles. The van der Waals surface area contributed by atoms with Gasteiger partial charge in [0, 0.05) is 28.6 Å². The lowest BCUT2D eigenvalue weighted by atomic mass is 10.0. The Morgan fingerprint density at radius 2 is 1.57 bits per heavy atom. The monoisotopic (exact) mass is 643 g/mol. The van der Waals surface area contributed by atoms with E-state index < -0.39 is 36.6 Å². The van der Waals surface area contributed by atoms with E-state index in [0.29, 0.717) is 11.1 Å². The Labute approximate surface area is 271 Å². The number of amides is 3. The molecular formula is C34H37N5O8. The maximum Gasteiger partial charge on any atom is 0.408 e. The number of aliphatic hydroxyl groups excluding tert-OH is 1. The van der Waals surface area contributed by atoms with Gasteiger partial charge in [-0.15, -0.1) is 0 Å². The van der Waals surface area contributed by atoms with Gasteiger partial charge in [-0.2, -0.15) is 5.10 Å². The highest BCUT2D eigenvalue weighted by atomic mass is 16.5. The third-order valence-corrected chi connectivity index (χ3v) is 7.25. The number of alkyl carbamates (subject to hydrolysis) is 1. The van der Waals surface area contributed by atoms with Crippen LogP contribution in [0, 0.1) is 6.92 Å². The molecule has 47 heavy (non-hydrogen) atoms. The summed E-state index contributed by atoms with van der Waals surface area (Å²) in [5.41, 5.74) is 5.98. The number of carbonyl (C=O) groups excluding carboxylic acids is 4. The van der Waals surface area contributed by atoms with Crippen molar-refractivity contribution < 1.29 is 38.9 Å². The van der Waals surface area contributed by atoms with Crippen molar-refractivity contribution in [2.45, 2.75) is 45.5 Å². The molecule has 0 aliphatic carbocycles. The first-order chi connectivity index (χ1) is 22.7. The maximum absolute atomic E-state index is 13.4. The number of hydrogen-bond acceptors (Lipinski definition) is 9. The van der Waals surface area contributed by atoms with Crippen LogP contribution in [-0.4, -0.2) is 70.2 Å². The number of aliphatic hydroxyl groups is 1. The summed E-state index contributed by atoms with van der Waals surface area (Å²) in [6.45, 7) is 3.01. The van der Waals surface area contributed by atoms with Gasteiger partial charge in [0.25, 0.3) is 5.91 Å². The third-order valence-electron chi connectivity index (χ3n) is 7.25. The van der Waals surface area contributed by atoms with Crippen molar-refractivity contribution in [1.29, 1.82) is 0 Å². The summed E-state index contributed by atoms with van der Waals surface area (Å²) in [7, 11) is 0. The number of rotatable bonds is 14. The first-order valence-corrected chi connectivity index (χ1v) is 14.9. The van der Waals surface area contributed by atoms with Crippen LogP contribution in [0.1, 0.15) is 29.3 Å². The number of esters is 1. The molecule has 0 aliphatic rings. The van der Waals surface area contributed by atoms with Crippen LogP contribution in [0.3, 0.4) is 0 Å². The summed E-state index contributed by atoms with van der Waals surface area (Å²) >= 11 is 0. The molecule has 0 radical (unpaired) electrons. The molecule has 13 heteroatoms. The molecule has 0 aliphatic heterocycles. The summed E-state index contributed by atoms with van der Waals surface area (Å²) in [6, 6.07) is 19.8. The minimum atomic E-state index is -1.41. The second kappa shape index (κ2) is 16.6. The first-order valence-electron chi connectivity index (χ1n) is 14.9. The van der Waals surface area contributed by atoms with Gasteiger partial charge in [0.15, 0.2) is 0 Å². The average Bonchev–Trinajstić information content (AvgIpc) is 3.33. The van der Waals surface area contributed by atoms with Crippen LogP contribution in [0.4, 0.5) is 4.79 Å². The van der Waals surface area contributed by atoms with Crippen LogP contribution < -0.4 is 16.1 Å². The normalized spacial score (nSPS) is 12.3. The molecule has 0 saturated heterocycles. The van der Waals surface area contributed by atoms with Gasteiger partial charge in [-0.3, -0.25) is 14.4 Å². The first kappa shape index (κ1) is 34.2. The standard InChI is InChI=1S/C34H37N5O8/c1-3-46-31(42)19-39-22(2)27(26-11-7-8-12-30(26)39)18-35-38-33(44)28(17-23-13-15-25(41)16-14-23)36-32(43)29(20-40)37-34(45)47-21-24-9-5-4-6-10-24/h4-16,18,28-29,40-41H,3,17,19-21H2,1-2H3,(H,36,43)(H,37,45)(H,38,44)/b35-18-/t28-,29-/m0/s1. The van der Waals surface area contributed by atoms with E-state index in [1.165, 1.54) is 18.3 Å². The molecule has 0 fully saturated rings. The molecule has 1 heterocycles. The number of carbonyl (C=O) groups is 4. The zero-order chi connectivity index (χ0) is 33.8. The number of phenols is 1. The van der Waals surface area contributed by atoms with Crippen molar-refractivity contribution in [3.05, 3.63) is 101 Å². The molecular weight excluding hydrogens is 606 g/mol. The number of aromatic hydroxyl groups is 1. The second-order valence-corrected chi connectivity index (χ2v) is 10.5. The highest BCUT2D eigenvalue weighted by Gasteiger charge is 2.27. The zero-order valence-electron chi connectivity index (χ0n) is 26.0. The molecule has 3 amide bonds. The molecule has 5 N–H and O–H groups in total. The number of fused-ring (bicyclic) bond motifs is 1. The number of phenolic OH excluding ortho intramolecular Hbond substituents is 1. The van der Waals surface area contributed by atoms with Gasteiger partial charge in [-0.1, -0.05) is 60.7 Å². The van der Waals surface area contributed by atoms with Crippen LogP contribution >= 0.6 is 0 Å². The second-order valence-electron chi connectivity index (χ2n) is 10.5. The van der Waals surface area contributed by atoms with Gasteiger partial charge in [0.2, 0.25) is 5.91 Å². The van der Waals surface area contributed by atoms with E-state index in [0.717, 1.165) is 22.2 Å². The molecule has 0 bridgehead atoms. The summed E-state index contributed by atoms with van der Waals surface area (Å²) < 4.78 is 12.1. The molecule has 3 aromatic carbocycles. The smallest absolute Gasteiger partial charge is 0.408 e. The summed E-state index contributed by atoms with van der Waals surface area (Å²) in [5, 5.41) is 29.4. The molecule has 0 spiro atoms. The van der Waals surface area contributed by atoms with Gasteiger partial charge in [0.1, 0.15) is 31.0 Å². The van der Waals surface area contributed by atoms with Crippen molar-refractivity contribution in [2.24, 2.45) is 5.10 Å². The van der Waals surface area contributed by atoms with Crippen molar-refractivity contribution >= 4 is 41.0 Å². The summed E-state index contributed by atoms with van der Waals surface area (Å²) in [4.78, 5) is 51.1. The van der Waals surface area contributed by atoms with Gasteiger partial charge in [0.05, 0.1) is 19.4 Å². The van der Waals surface area contributed by atoms with Crippen LogP contribution in [-0.2, 0) is 43.4 Å². The lowest BCUT2D eigenvalue weighted by Gasteiger charge is -2.21. The number of aromatic nitrogens is 1. The summed E-state index contributed by atoms with van der Waals surface area (Å²) in [5.74, 6) is -1.87. The van der Waals surface area contributed by atoms with E-state index in [1.54, 1.807) is 47.9 Å². The van der Waals surface area contributed by atoms with Crippen molar-refractivity contribution in [1.82, 2.24) is 20.6 Å². The van der Waals surface area contributed by atoms with E-state index in [4.69, 9.17) is 9.47 Å². The number of benzene rings is 3. The topological polar surface area (TPSA) is 181 Å². The third kappa shape index (κ3) is 9.41. The Balaban J connectivity index is 1.48. The molecule has 2 atom stereocenters. The number of nitrogens with one attached hydrogen (secondary N) is 3. The fourth-order valence-electron chi connectivity index (χ4n) is 4.85. The molecule has 0 unspecified atom stereocenters. The lowest BCUT2D eigenvalue weighted by Crippen LogP contribution is -2.55. The highest BCUT2D eigenvalue weighted by molar-refractivity contribution is 6.02. The minimum absolute atomic E-state index is 0.000971. The number of ether oxygens (including phenoxy) is 2. The van der Waals surface area contributed by atoms with Crippen LogP contribution in [0.25, 0.3) is 10.9 Å². The quantitative estimate of drug-likeness (QED) is 0.0790. The average molecular weight is 644 g/mol. The fraction of sp³-hybridized carbons (Fsp3) is 0.265. The predicted octanol–water partition coefficient (Wildman–Crippen LogP) is 2.68. The van der Waals surface area contributed by atoms with Crippen LogP contribution in [0.15, 0.2) is 84.0 Å². The van der Waals surface area contributed by atoms with Crippen LogP contribution in [0.2, 0.25) is 0 Å². The van der Waals surface area contributed by atoms with Crippen molar-refractivity contribution in [2.75, 3.05) is 13.2 Å². The van der Waals surface area contributed by atoms with E-state index in [-0.39, 0.29) is 37.9 Å². The number of para-hydroxylation sites is 1. The fourth-order valence-corrected chi connectivity index (χ4v) is 4.85. The van der Waals surface area contributed by atoms with Crippen LogP contribution in [0.5, 0.6) is 5.75 Å². The van der Waals surface area contributed by atoms with E-state index in [2.05, 4.69) is 21.2 Å². The Hall–Kier alpha value is -5.69. The number of nitrogens with zero attached hydrogens (tertiary/aromatic N) is 2. The van der Waals surface area contributed by atoms with Crippen molar-refractivity contribution in [3.63, 3.8) is 0 Å². The van der Waals surface area contributed by atoms with Gasteiger partial charge < -0.3 is 34.9 Å². The van der Waals surface area contributed by atoms with Gasteiger partial charge >= 0.3 is 12.1 Å². The Morgan fingerprint density at radius 1 is 0.872 bits per heavy atom. The number of hydrazone groups is 1. The Kier molecular flexibility index (Phi) is 12.1. The van der Waals surface area contributed by atoms with Gasteiger partial charge in [-0.25, -0.2) is 10.2 Å². The molecule has 4 rings (SSSR count). The van der Waals surface area contributed by atoms with E-state index >= 15 is 0 Å². The predicted molar refractivity (Wildman–Crippen MR) is 173 cm³/mol. The van der Waals surface area contributed by atoms with E-state index in [1.807, 2.05) is 37.3 Å². The molecule has 1 aromatic heterocycles. The maximum atomic E-state index is 13.4. The Morgan fingerprint density at radius 3 is 2.28 bits per heavy atom. The number of hydrogen-bond donors (Lipinski definition) is 5. The highest BCUT2D eigenvalue weighted by Crippen LogP contribution is 2.24. The minimum Gasteiger partial charge on any atom is -0.508 e. The molecule has 13 nitrogen and oxygen atoms in total. The lowest BCUT2D eigenvalue weighted by molar-refractivity contribution is -0.143.